The lowest BCUT2D eigenvalue weighted by Gasteiger charge is -2.03. The van der Waals surface area contributed by atoms with Crippen LogP contribution in [0.4, 0.5) is 8.78 Å². The molecule has 1 aromatic carbocycles. The number of rotatable bonds is 3. The Labute approximate surface area is 111 Å². The van der Waals surface area contributed by atoms with Crippen LogP contribution in [0.15, 0.2) is 41.0 Å². The maximum absolute atomic E-state index is 13.0. The lowest BCUT2D eigenvalue weighted by Crippen LogP contribution is -2.07. The molecule has 2 aromatic rings. The summed E-state index contributed by atoms with van der Waals surface area (Å²) in [5.74, 6) is -2.14. The molecule has 0 unspecified atom stereocenters. The van der Waals surface area contributed by atoms with E-state index in [2.05, 4.69) is 20.9 Å². The Morgan fingerprint density at radius 3 is 2.67 bits per heavy atom. The predicted molar refractivity (Wildman–Crippen MR) is 66.3 cm³/mol. The first-order valence-electron chi connectivity index (χ1n) is 5.15. The number of hydrogen-bond donors (Lipinski definition) is 0. The molecule has 2 rings (SSSR count). The quantitative estimate of drug-likeness (QED) is 0.811. The van der Waals surface area contributed by atoms with Gasteiger partial charge in [0.15, 0.2) is 17.4 Å². The van der Waals surface area contributed by atoms with E-state index in [-0.39, 0.29) is 17.9 Å². The van der Waals surface area contributed by atoms with Crippen LogP contribution in [0.5, 0.6) is 0 Å². The molecule has 0 fully saturated rings. The van der Waals surface area contributed by atoms with Crippen LogP contribution < -0.4 is 0 Å². The third-order valence-corrected chi connectivity index (χ3v) is 3.01. The summed E-state index contributed by atoms with van der Waals surface area (Å²) in [5, 5.41) is 0. The van der Waals surface area contributed by atoms with Gasteiger partial charge >= 0.3 is 0 Å². The molecule has 1 heterocycles. The smallest absolute Gasteiger partial charge is 0.186 e. The molecule has 0 aliphatic rings. The summed E-state index contributed by atoms with van der Waals surface area (Å²) in [6, 6.07) is 6.80. The Hall–Kier alpha value is -1.62. The maximum atomic E-state index is 13.0. The lowest BCUT2D eigenvalue weighted by molar-refractivity contribution is 0.0987. The minimum absolute atomic E-state index is 0.0210. The van der Waals surface area contributed by atoms with E-state index in [1.807, 2.05) is 0 Å². The largest absolute Gasteiger partial charge is 0.292 e. The monoisotopic (exact) mass is 311 g/mol. The number of carbonyl (C=O) groups excluding carboxylic acids is 1. The highest BCUT2D eigenvalue weighted by Crippen LogP contribution is 2.16. The summed E-state index contributed by atoms with van der Waals surface area (Å²) < 4.78 is 26.3. The fraction of sp³-hybridized carbons (Fsp3) is 0.0769. The van der Waals surface area contributed by atoms with Gasteiger partial charge in [-0.3, -0.25) is 9.78 Å². The minimum Gasteiger partial charge on any atom is -0.292 e. The van der Waals surface area contributed by atoms with Gasteiger partial charge in [-0.2, -0.15) is 0 Å². The van der Waals surface area contributed by atoms with E-state index < -0.39 is 11.6 Å². The van der Waals surface area contributed by atoms with Crippen molar-refractivity contribution in [2.24, 2.45) is 0 Å². The zero-order valence-electron chi connectivity index (χ0n) is 9.16. The number of nitrogens with zero attached hydrogens (tertiary/aromatic N) is 1. The molecule has 0 radical (unpaired) electrons. The molecule has 0 atom stereocenters. The molecule has 0 saturated heterocycles. The van der Waals surface area contributed by atoms with Gasteiger partial charge in [-0.1, -0.05) is 6.07 Å². The molecule has 0 aliphatic heterocycles. The Morgan fingerprint density at radius 2 is 2.00 bits per heavy atom. The summed E-state index contributed by atoms with van der Waals surface area (Å²) in [6.07, 6.45) is 1.48. The van der Waals surface area contributed by atoms with Crippen LogP contribution in [-0.2, 0) is 6.42 Å². The summed E-state index contributed by atoms with van der Waals surface area (Å²) in [7, 11) is 0. The highest BCUT2D eigenvalue weighted by Gasteiger charge is 2.13. The Morgan fingerprint density at radius 1 is 1.22 bits per heavy atom. The number of halogens is 3. The fourth-order valence-electron chi connectivity index (χ4n) is 1.51. The van der Waals surface area contributed by atoms with Gasteiger partial charge in [0.25, 0.3) is 0 Å². The van der Waals surface area contributed by atoms with Crippen molar-refractivity contribution in [1.82, 2.24) is 4.98 Å². The normalized spacial score (nSPS) is 10.4. The zero-order valence-corrected chi connectivity index (χ0v) is 10.7. The Balaban J connectivity index is 2.22. The Kier molecular flexibility index (Phi) is 3.81. The first kappa shape index (κ1) is 12.8. The number of ketones is 1. The first-order chi connectivity index (χ1) is 8.58. The van der Waals surface area contributed by atoms with E-state index in [1.54, 1.807) is 12.1 Å². The van der Waals surface area contributed by atoms with Crippen molar-refractivity contribution >= 4 is 21.7 Å². The molecule has 5 heteroatoms. The van der Waals surface area contributed by atoms with Gasteiger partial charge in [-0.25, -0.2) is 8.78 Å². The topological polar surface area (TPSA) is 30.0 Å². The summed E-state index contributed by atoms with van der Waals surface area (Å²) in [4.78, 5) is 15.9. The van der Waals surface area contributed by atoms with Crippen LogP contribution in [-0.4, -0.2) is 10.8 Å². The van der Waals surface area contributed by atoms with Gasteiger partial charge < -0.3 is 0 Å². The molecule has 0 amide bonds. The molecular formula is C13H8BrF2NO. The van der Waals surface area contributed by atoms with Crippen molar-refractivity contribution in [3.63, 3.8) is 0 Å². The predicted octanol–water partition coefficient (Wildman–Crippen LogP) is 3.55. The molecule has 18 heavy (non-hydrogen) atoms. The summed E-state index contributed by atoms with van der Waals surface area (Å²) in [5.41, 5.74) is 0.693. The van der Waals surface area contributed by atoms with Crippen molar-refractivity contribution in [3.8, 4) is 0 Å². The van der Waals surface area contributed by atoms with Crippen LogP contribution in [0.25, 0.3) is 0 Å². The van der Waals surface area contributed by atoms with Crippen LogP contribution in [0.1, 0.15) is 16.1 Å². The molecular weight excluding hydrogens is 304 g/mol. The highest BCUT2D eigenvalue weighted by atomic mass is 79.9. The number of hydrogen-bond acceptors (Lipinski definition) is 2. The van der Waals surface area contributed by atoms with Crippen LogP contribution in [0.3, 0.4) is 0 Å². The average molecular weight is 312 g/mol. The minimum atomic E-state index is -0.958. The van der Waals surface area contributed by atoms with Crippen molar-refractivity contribution < 1.29 is 13.6 Å². The summed E-state index contributed by atoms with van der Waals surface area (Å²) in [6.45, 7) is 0. The highest BCUT2D eigenvalue weighted by molar-refractivity contribution is 9.10. The zero-order chi connectivity index (χ0) is 13.1. The van der Waals surface area contributed by atoms with Crippen molar-refractivity contribution in [2.45, 2.75) is 6.42 Å². The second-order valence-electron chi connectivity index (χ2n) is 3.68. The number of Topliss-reactive ketones (excluding diaryl/α,β-unsaturated/α-hetero) is 1. The van der Waals surface area contributed by atoms with Crippen LogP contribution in [0.2, 0.25) is 0 Å². The third kappa shape index (κ3) is 2.79. The van der Waals surface area contributed by atoms with Crippen LogP contribution >= 0.6 is 15.9 Å². The number of benzene rings is 1. The molecule has 2 nitrogen and oxygen atoms in total. The molecule has 0 spiro atoms. The van der Waals surface area contributed by atoms with Gasteiger partial charge in [0.1, 0.15) is 5.69 Å². The van der Waals surface area contributed by atoms with Crippen molar-refractivity contribution in [3.05, 3.63) is 63.9 Å². The third-order valence-electron chi connectivity index (χ3n) is 2.37. The SMILES string of the molecule is O=C(Cc1ccc(F)c(F)c1)c1ncccc1Br. The van der Waals surface area contributed by atoms with E-state index in [9.17, 15) is 13.6 Å². The molecule has 92 valence electrons. The first-order valence-corrected chi connectivity index (χ1v) is 5.95. The molecule has 0 aliphatic carbocycles. The molecule has 1 aromatic heterocycles. The van der Waals surface area contributed by atoms with Crippen molar-refractivity contribution in [1.29, 1.82) is 0 Å². The van der Waals surface area contributed by atoms with Crippen molar-refractivity contribution in [2.75, 3.05) is 0 Å². The maximum Gasteiger partial charge on any atom is 0.186 e. The molecule has 0 N–H and O–H groups in total. The van der Waals surface area contributed by atoms with Gasteiger partial charge in [-0.05, 0) is 45.8 Å². The van der Waals surface area contributed by atoms with E-state index in [1.165, 1.54) is 12.3 Å². The van der Waals surface area contributed by atoms with Gasteiger partial charge in [0, 0.05) is 17.1 Å². The number of carbonyl (C=O) groups is 1. The number of aromatic nitrogens is 1. The lowest BCUT2D eigenvalue weighted by atomic mass is 10.1. The molecule has 0 saturated carbocycles. The fourth-order valence-corrected chi connectivity index (χ4v) is 1.99. The second-order valence-corrected chi connectivity index (χ2v) is 4.54. The second kappa shape index (κ2) is 5.35. The van der Waals surface area contributed by atoms with E-state index in [0.29, 0.717) is 10.0 Å². The standard InChI is InChI=1S/C13H8BrF2NO/c14-9-2-1-5-17-13(9)12(18)7-8-3-4-10(15)11(16)6-8/h1-6H,7H2. The van der Waals surface area contributed by atoms with Gasteiger partial charge in [0.2, 0.25) is 0 Å². The van der Waals surface area contributed by atoms with Gasteiger partial charge in [-0.15, -0.1) is 0 Å². The summed E-state index contributed by atoms with van der Waals surface area (Å²) >= 11 is 3.22. The van der Waals surface area contributed by atoms with E-state index >= 15 is 0 Å². The Bertz CT molecular complexity index is 601. The van der Waals surface area contributed by atoms with E-state index in [0.717, 1.165) is 12.1 Å². The van der Waals surface area contributed by atoms with Crippen LogP contribution in [0, 0.1) is 11.6 Å². The molecule has 0 bridgehead atoms. The average Bonchev–Trinajstić information content (AvgIpc) is 2.34. The van der Waals surface area contributed by atoms with E-state index in [4.69, 9.17) is 0 Å². The number of pyridine rings is 1. The van der Waals surface area contributed by atoms with Gasteiger partial charge in [0.05, 0.1) is 0 Å².